The van der Waals surface area contributed by atoms with Gasteiger partial charge in [0, 0.05) is 31.2 Å². The van der Waals surface area contributed by atoms with Crippen LogP contribution in [-0.2, 0) is 0 Å². The number of rotatable bonds is 1. The first-order chi connectivity index (χ1) is 11.7. The topological polar surface area (TPSA) is 47.3 Å². The summed E-state index contributed by atoms with van der Waals surface area (Å²) in [6, 6.07) is 9.90. The number of benzene rings is 1. The first-order valence-electron chi connectivity index (χ1n) is 8.61. The zero-order valence-electron chi connectivity index (χ0n) is 13.8. The monoisotopic (exact) mass is 343 g/mol. The summed E-state index contributed by atoms with van der Waals surface area (Å²) < 4.78 is 0. The summed E-state index contributed by atoms with van der Waals surface area (Å²) in [4.78, 5) is 16.5. The van der Waals surface area contributed by atoms with Crippen LogP contribution in [0.3, 0.4) is 0 Å². The van der Waals surface area contributed by atoms with Gasteiger partial charge in [0.05, 0.1) is 11.6 Å². The van der Waals surface area contributed by atoms with Crippen molar-refractivity contribution in [3.8, 4) is 6.07 Å². The molecular formula is C19H22ClN3O. The molecule has 2 amide bonds. The summed E-state index contributed by atoms with van der Waals surface area (Å²) in [5, 5.41) is 10.2. The van der Waals surface area contributed by atoms with Gasteiger partial charge in [-0.1, -0.05) is 23.7 Å². The number of urea groups is 1. The minimum atomic E-state index is 0.166. The predicted octanol–water partition coefficient (Wildman–Crippen LogP) is 4.32. The molecule has 0 saturated carbocycles. The fraction of sp³-hybridized carbons (Fsp3) is 0.474. The minimum absolute atomic E-state index is 0.166. The van der Waals surface area contributed by atoms with E-state index in [9.17, 15) is 10.1 Å². The molecule has 0 aromatic heterocycles. The zero-order valence-corrected chi connectivity index (χ0v) is 14.6. The number of allylic oxidation sites excluding steroid dienone is 1. The maximum atomic E-state index is 12.6. The third kappa shape index (κ3) is 3.73. The molecule has 0 unspecified atom stereocenters. The number of nitrogens with zero attached hydrogens (tertiary/aromatic N) is 3. The van der Waals surface area contributed by atoms with Crippen molar-refractivity contribution in [3.63, 3.8) is 0 Å². The van der Waals surface area contributed by atoms with Gasteiger partial charge in [-0.05, 0) is 55.4 Å². The molecular weight excluding hydrogens is 322 g/mol. The quantitative estimate of drug-likeness (QED) is 0.713. The molecule has 0 bridgehead atoms. The van der Waals surface area contributed by atoms with Crippen LogP contribution in [0.5, 0.6) is 0 Å². The van der Waals surface area contributed by atoms with Crippen LogP contribution in [0.15, 0.2) is 29.8 Å². The fourth-order valence-electron chi connectivity index (χ4n) is 3.47. The van der Waals surface area contributed by atoms with E-state index in [2.05, 4.69) is 6.07 Å². The first kappa shape index (κ1) is 16.9. The van der Waals surface area contributed by atoms with E-state index < -0.39 is 0 Å². The Morgan fingerprint density at radius 3 is 2.12 bits per heavy atom. The van der Waals surface area contributed by atoms with E-state index in [1.165, 1.54) is 6.42 Å². The Morgan fingerprint density at radius 1 is 0.958 bits per heavy atom. The molecule has 1 aromatic rings. The lowest BCUT2D eigenvalue weighted by Gasteiger charge is -2.35. The second kappa shape index (κ2) is 7.72. The maximum Gasteiger partial charge on any atom is 0.320 e. The second-order valence-electron chi connectivity index (χ2n) is 6.41. The number of amides is 2. The largest absolute Gasteiger partial charge is 0.325 e. The highest BCUT2D eigenvalue weighted by Gasteiger charge is 2.26. The molecule has 0 N–H and O–H groups in total. The van der Waals surface area contributed by atoms with E-state index in [0.29, 0.717) is 18.1 Å². The Kier molecular flexibility index (Phi) is 5.42. The van der Waals surface area contributed by atoms with Crippen molar-refractivity contribution in [2.45, 2.75) is 32.1 Å². The third-order valence-electron chi connectivity index (χ3n) is 4.86. The molecule has 3 rings (SSSR count). The number of carbonyl (C=O) groups is 1. The zero-order chi connectivity index (χ0) is 16.9. The SMILES string of the molecule is N#CC(=C1CCN(C(=O)N2CCCCC2)CC1)c1ccc(Cl)cc1. The Bertz CT molecular complexity index is 659. The van der Waals surface area contributed by atoms with Gasteiger partial charge in [0.15, 0.2) is 0 Å². The highest BCUT2D eigenvalue weighted by atomic mass is 35.5. The van der Waals surface area contributed by atoms with E-state index in [1.54, 1.807) is 0 Å². The Morgan fingerprint density at radius 2 is 1.54 bits per heavy atom. The number of carbonyl (C=O) groups excluding carboxylic acids is 1. The van der Waals surface area contributed by atoms with Gasteiger partial charge in [-0.2, -0.15) is 5.26 Å². The lowest BCUT2D eigenvalue weighted by Crippen LogP contribution is -2.47. The molecule has 2 heterocycles. The van der Waals surface area contributed by atoms with E-state index in [1.807, 2.05) is 34.1 Å². The minimum Gasteiger partial charge on any atom is -0.325 e. The van der Waals surface area contributed by atoms with E-state index in [-0.39, 0.29) is 6.03 Å². The molecule has 2 aliphatic heterocycles. The average molecular weight is 344 g/mol. The van der Waals surface area contributed by atoms with Gasteiger partial charge in [-0.25, -0.2) is 4.79 Å². The van der Waals surface area contributed by atoms with Gasteiger partial charge < -0.3 is 9.80 Å². The Labute approximate surface area is 148 Å². The van der Waals surface area contributed by atoms with Crippen molar-refractivity contribution in [1.29, 1.82) is 5.26 Å². The number of piperidine rings is 2. The van der Waals surface area contributed by atoms with Crippen LogP contribution in [0, 0.1) is 11.3 Å². The number of hydrogen-bond acceptors (Lipinski definition) is 2. The summed E-state index contributed by atoms with van der Waals surface area (Å²) in [7, 11) is 0. The standard InChI is InChI=1S/C19H22ClN3O/c20-17-6-4-15(5-7-17)18(14-21)16-8-12-23(13-9-16)19(24)22-10-2-1-3-11-22/h4-7H,1-3,8-13H2. The molecule has 0 atom stereocenters. The van der Waals surface area contributed by atoms with Crippen molar-refractivity contribution in [2.75, 3.05) is 26.2 Å². The van der Waals surface area contributed by atoms with Gasteiger partial charge in [0.25, 0.3) is 0 Å². The van der Waals surface area contributed by atoms with Gasteiger partial charge in [-0.3, -0.25) is 0 Å². The number of likely N-dealkylation sites (tertiary alicyclic amines) is 2. The van der Waals surface area contributed by atoms with Crippen LogP contribution in [0.4, 0.5) is 4.79 Å². The predicted molar refractivity (Wildman–Crippen MR) is 95.6 cm³/mol. The lowest BCUT2D eigenvalue weighted by atomic mass is 9.94. The average Bonchev–Trinajstić information content (AvgIpc) is 2.64. The van der Waals surface area contributed by atoms with Crippen LogP contribution in [0.2, 0.25) is 5.02 Å². The highest BCUT2D eigenvalue weighted by molar-refractivity contribution is 6.30. The van der Waals surface area contributed by atoms with Crippen molar-refractivity contribution < 1.29 is 4.79 Å². The summed E-state index contributed by atoms with van der Waals surface area (Å²) in [5.74, 6) is 0. The van der Waals surface area contributed by atoms with Crippen molar-refractivity contribution in [3.05, 3.63) is 40.4 Å². The molecule has 0 aliphatic carbocycles. The van der Waals surface area contributed by atoms with Gasteiger partial charge in [0.1, 0.15) is 0 Å². The molecule has 0 spiro atoms. The first-order valence-corrected chi connectivity index (χ1v) is 8.99. The summed E-state index contributed by atoms with van der Waals surface area (Å²) >= 11 is 5.93. The van der Waals surface area contributed by atoms with Crippen molar-refractivity contribution in [1.82, 2.24) is 9.80 Å². The molecule has 2 fully saturated rings. The summed E-state index contributed by atoms with van der Waals surface area (Å²) in [5.41, 5.74) is 2.78. The summed E-state index contributed by atoms with van der Waals surface area (Å²) in [6.07, 6.45) is 4.99. The van der Waals surface area contributed by atoms with Gasteiger partial charge in [0.2, 0.25) is 0 Å². The second-order valence-corrected chi connectivity index (χ2v) is 6.85. The van der Waals surface area contributed by atoms with Gasteiger partial charge >= 0.3 is 6.03 Å². The smallest absolute Gasteiger partial charge is 0.320 e. The van der Waals surface area contributed by atoms with Crippen LogP contribution < -0.4 is 0 Å². The van der Waals surface area contributed by atoms with E-state index in [0.717, 1.165) is 55.5 Å². The maximum absolute atomic E-state index is 12.6. The molecule has 5 heteroatoms. The Balaban J connectivity index is 1.67. The van der Waals surface area contributed by atoms with Crippen LogP contribution in [0.25, 0.3) is 5.57 Å². The molecule has 126 valence electrons. The van der Waals surface area contributed by atoms with Gasteiger partial charge in [-0.15, -0.1) is 0 Å². The van der Waals surface area contributed by atoms with Crippen molar-refractivity contribution in [2.24, 2.45) is 0 Å². The van der Waals surface area contributed by atoms with Crippen molar-refractivity contribution >= 4 is 23.2 Å². The number of nitriles is 1. The fourth-order valence-corrected chi connectivity index (χ4v) is 3.59. The summed E-state index contributed by atoms with van der Waals surface area (Å²) in [6.45, 7) is 3.16. The molecule has 2 aliphatic rings. The number of halogens is 1. The normalized spacial score (nSPS) is 18.2. The molecule has 2 saturated heterocycles. The highest BCUT2D eigenvalue weighted by Crippen LogP contribution is 2.28. The Hall–Kier alpha value is -1.99. The van der Waals surface area contributed by atoms with Crippen LogP contribution in [0.1, 0.15) is 37.7 Å². The molecule has 1 aromatic carbocycles. The molecule has 0 radical (unpaired) electrons. The molecule has 4 nitrogen and oxygen atoms in total. The van der Waals surface area contributed by atoms with E-state index in [4.69, 9.17) is 11.6 Å². The van der Waals surface area contributed by atoms with E-state index >= 15 is 0 Å². The van der Waals surface area contributed by atoms with Crippen LogP contribution >= 0.6 is 11.6 Å². The number of hydrogen-bond donors (Lipinski definition) is 0. The molecule has 24 heavy (non-hydrogen) atoms. The lowest BCUT2D eigenvalue weighted by molar-refractivity contribution is 0.140. The third-order valence-corrected chi connectivity index (χ3v) is 5.11. The van der Waals surface area contributed by atoms with Crippen LogP contribution in [-0.4, -0.2) is 42.0 Å².